The summed E-state index contributed by atoms with van der Waals surface area (Å²) in [5.41, 5.74) is 11.1. The molecule has 1 aliphatic carbocycles. The van der Waals surface area contributed by atoms with E-state index in [1.807, 2.05) is 0 Å². The third-order valence-electron chi connectivity index (χ3n) is 8.07. The standard InChI is InChI=1S/C33H32N2/c1-19-11-12-21-13-15-26-28(27(21)20(19)2)33(6,7)29-30(34-18-35-31(26)29)25-10-8-9-22-17-23(32(3,4)5)14-16-24(22)25/h8-18H,1-7H3. The molecule has 0 saturated heterocycles. The molecular formula is C33H32N2. The van der Waals surface area contributed by atoms with Gasteiger partial charge in [0.05, 0.1) is 11.4 Å². The maximum absolute atomic E-state index is 4.93. The lowest BCUT2D eigenvalue weighted by atomic mass is 9.77. The van der Waals surface area contributed by atoms with Crippen LogP contribution < -0.4 is 0 Å². The number of benzene rings is 4. The maximum atomic E-state index is 4.93. The zero-order valence-corrected chi connectivity index (χ0v) is 21.7. The van der Waals surface area contributed by atoms with Crippen LogP contribution in [0.25, 0.3) is 44.1 Å². The van der Waals surface area contributed by atoms with Gasteiger partial charge in [-0.05, 0) is 63.1 Å². The summed E-state index contributed by atoms with van der Waals surface area (Å²) in [5, 5.41) is 5.16. The minimum Gasteiger partial charge on any atom is -0.236 e. The van der Waals surface area contributed by atoms with E-state index in [0.29, 0.717) is 0 Å². The summed E-state index contributed by atoms with van der Waals surface area (Å²) < 4.78 is 0. The third kappa shape index (κ3) is 3.09. The van der Waals surface area contributed by atoms with Gasteiger partial charge in [0.25, 0.3) is 0 Å². The summed E-state index contributed by atoms with van der Waals surface area (Å²) in [6.45, 7) is 15.9. The van der Waals surface area contributed by atoms with Gasteiger partial charge in [-0.3, -0.25) is 0 Å². The Hall–Kier alpha value is -3.52. The molecule has 174 valence electrons. The molecule has 0 aliphatic heterocycles. The molecule has 5 aromatic rings. The van der Waals surface area contributed by atoms with E-state index in [0.717, 1.165) is 11.4 Å². The zero-order valence-electron chi connectivity index (χ0n) is 21.7. The Morgan fingerprint density at radius 2 is 1.43 bits per heavy atom. The van der Waals surface area contributed by atoms with E-state index in [1.165, 1.54) is 60.5 Å². The summed E-state index contributed by atoms with van der Waals surface area (Å²) in [7, 11) is 0. The summed E-state index contributed by atoms with van der Waals surface area (Å²) in [6, 6.07) is 22.5. The number of rotatable bonds is 1. The largest absolute Gasteiger partial charge is 0.236 e. The van der Waals surface area contributed by atoms with Crippen molar-refractivity contribution in [2.45, 2.75) is 59.3 Å². The second-order valence-corrected chi connectivity index (χ2v) is 11.7. The molecule has 0 N–H and O–H groups in total. The van der Waals surface area contributed by atoms with Crippen molar-refractivity contribution >= 4 is 21.5 Å². The predicted octanol–water partition coefficient (Wildman–Crippen LogP) is 8.67. The van der Waals surface area contributed by atoms with E-state index in [-0.39, 0.29) is 10.8 Å². The van der Waals surface area contributed by atoms with Crippen LogP contribution in [-0.4, -0.2) is 9.97 Å². The molecular weight excluding hydrogens is 424 g/mol. The highest BCUT2D eigenvalue weighted by molar-refractivity contribution is 6.02. The Kier molecular flexibility index (Phi) is 4.55. The van der Waals surface area contributed by atoms with Crippen LogP contribution in [0.4, 0.5) is 0 Å². The van der Waals surface area contributed by atoms with Gasteiger partial charge in [0, 0.05) is 22.1 Å². The van der Waals surface area contributed by atoms with Crippen LogP contribution in [0.3, 0.4) is 0 Å². The van der Waals surface area contributed by atoms with Crippen LogP contribution in [0.5, 0.6) is 0 Å². The molecule has 0 fully saturated rings. The molecule has 2 heteroatoms. The molecule has 4 aromatic carbocycles. The van der Waals surface area contributed by atoms with E-state index in [9.17, 15) is 0 Å². The highest BCUT2D eigenvalue weighted by atomic mass is 14.9. The van der Waals surface area contributed by atoms with E-state index >= 15 is 0 Å². The van der Waals surface area contributed by atoms with Crippen LogP contribution in [0.1, 0.15) is 62.4 Å². The molecule has 6 rings (SSSR count). The number of aryl methyl sites for hydroxylation is 2. The SMILES string of the molecule is Cc1ccc2ccc3c(c2c1C)C(C)(C)c1c-3ncnc1-c1cccc2cc(C(C)(C)C)ccc12. The van der Waals surface area contributed by atoms with Gasteiger partial charge >= 0.3 is 0 Å². The van der Waals surface area contributed by atoms with Crippen molar-refractivity contribution in [3.63, 3.8) is 0 Å². The van der Waals surface area contributed by atoms with Crippen molar-refractivity contribution in [3.8, 4) is 22.5 Å². The average Bonchev–Trinajstić information content (AvgIpc) is 3.07. The topological polar surface area (TPSA) is 25.8 Å². The lowest BCUT2D eigenvalue weighted by Gasteiger charge is -2.26. The fraction of sp³-hybridized carbons (Fsp3) is 0.273. The molecule has 0 atom stereocenters. The number of nitrogens with zero attached hydrogens (tertiary/aromatic N) is 2. The van der Waals surface area contributed by atoms with Crippen molar-refractivity contribution < 1.29 is 0 Å². The first-order valence-corrected chi connectivity index (χ1v) is 12.5. The molecule has 0 spiro atoms. The van der Waals surface area contributed by atoms with Crippen LogP contribution in [-0.2, 0) is 10.8 Å². The Bertz CT molecular complexity index is 1670. The van der Waals surface area contributed by atoms with Crippen molar-refractivity contribution in [2.24, 2.45) is 0 Å². The highest BCUT2D eigenvalue weighted by Gasteiger charge is 2.41. The Morgan fingerprint density at radius 1 is 0.714 bits per heavy atom. The molecule has 1 aromatic heterocycles. The van der Waals surface area contributed by atoms with Crippen molar-refractivity contribution in [3.05, 3.63) is 94.8 Å². The second-order valence-electron chi connectivity index (χ2n) is 11.7. The van der Waals surface area contributed by atoms with Crippen molar-refractivity contribution in [1.29, 1.82) is 0 Å². The quantitative estimate of drug-likeness (QED) is 0.252. The van der Waals surface area contributed by atoms with Gasteiger partial charge in [-0.25, -0.2) is 9.97 Å². The Labute approximate surface area is 208 Å². The van der Waals surface area contributed by atoms with Crippen LogP contribution in [0.2, 0.25) is 0 Å². The lowest BCUT2D eigenvalue weighted by molar-refractivity contribution is 0.591. The van der Waals surface area contributed by atoms with Crippen LogP contribution in [0, 0.1) is 13.8 Å². The normalized spacial score (nSPS) is 14.4. The number of hydrogen-bond donors (Lipinski definition) is 0. The summed E-state index contributed by atoms with van der Waals surface area (Å²) in [6.07, 6.45) is 1.75. The molecule has 0 bridgehead atoms. The molecule has 35 heavy (non-hydrogen) atoms. The zero-order chi connectivity index (χ0) is 24.7. The predicted molar refractivity (Wildman–Crippen MR) is 148 cm³/mol. The Balaban J connectivity index is 1.65. The first-order valence-electron chi connectivity index (χ1n) is 12.5. The lowest BCUT2D eigenvalue weighted by Crippen LogP contribution is -2.18. The number of fused-ring (bicyclic) bond motifs is 6. The van der Waals surface area contributed by atoms with Gasteiger partial charge in [0.2, 0.25) is 0 Å². The highest BCUT2D eigenvalue weighted by Crippen LogP contribution is 2.54. The summed E-state index contributed by atoms with van der Waals surface area (Å²) >= 11 is 0. The molecule has 0 radical (unpaired) electrons. The average molecular weight is 457 g/mol. The van der Waals surface area contributed by atoms with Gasteiger partial charge in [-0.2, -0.15) is 0 Å². The molecule has 1 aliphatic rings. The monoisotopic (exact) mass is 456 g/mol. The van der Waals surface area contributed by atoms with Gasteiger partial charge < -0.3 is 0 Å². The van der Waals surface area contributed by atoms with Gasteiger partial charge in [0.15, 0.2) is 0 Å². The maximum Gasteiger partial charge on any atom is 0.116 e. The van der Waals surface area contributed by atoms with Crippen molar-refractivity contribution in [2.75, 3.05) is 0 Å². The minimum atomic E-state index is -0.215. The van der Waals surface area contributed by atoms with Gasteiger partial charge in [-0.15, -0.1) is 0 Å². The van der Waals surface area contributed by atoms with Gasteiger partial charge in [-0.1, -0.05) is 95.3 Å². The molecule has 0 unspecified atom stereocenters. The fourth-order valence-electron chi connectivity index (χ4n) is 6.01. The molecule has 0 amide bonds. The number of hydrogen-bond acceptors (Lipinski definition) is 2. The third-order valence-corrected chi connectivity index (χ3v) is 8.07. The Morgan fingerprint density at radius 3 is 2.17 bits per heavy atom. The number of aromatic nitrogens is 2. The minimum absolute atomic E-state index is 0.112. The first-order chi connectivity index (χ1) is 16.6. The van der Waals surface area contributed by atoms with Crippen LogP contribution >= 0.6 is 0 Å². The summed E-state index contributed by atoms with van der Waals surface area (Å²) in [4.78, 5) is 9.79. The fourth-order valence-corrected chi connectivity index (χ4v) is 6.01. The van der Waals surface area contributed by atoms with E-state index < -0.39 is 0 Å². The molecule has 0 saturated carbocycles. The summed E-state index contributed by atoms with van der Waals surface area (Å²) in [5.74, 6) is 0. The second kappa shape index (κ2) is 7.24. The molecule has 2 nitrogen and oxygen atoms in total. The van der Waals surface area contributed by atoms with E-state index in [1.54, 1.807) is 6.33 Å². The van der Waals surface area contributed by atoms with E-state index in [4.69, 9.17) is 9.97 Å². The van der Waals surface area contributed by atoms with Crippen molar-refractivity contribution in [1.82, 2.24) is 9.97 Å². The molecule has 1 heterocycles. The first kappa shape index (κ1) is 22.0. The van der Waals surface area contributed by atoms with Gasteiger partial charge in [0.1, 0.15) is 6.33 Å². The van der Waals surface area contributed by atoms with Crippen LogP contribution in [0.15, 0.2) is 67.0 Å². The smallest absolute Gasteiger partial charge is 0.116 e. The van der Waals surface area contributed by atoms with E-state index in [2.05, 4.69) is 109 Å².